The molecule has 1 nitrogen and oxygen atoms in total. The lowest BCUT2D eigenvalue weighted by Crippen LogP contribution is -2.32. The Morgan fingerprint density at radius 3 is 2.80 bits per heavy atom. The largest absolute Gasteiger partial charge is 0.295 e. The number of hydrogen-bond acceptors (Lipinski definition) is 1. The lowest BCUT2D eigenvalue weighted by molar-refractivity contribution is 0.228. The van der Waals surface area contributed by atoms with Crippen LogP contribution in [0.1, 0.15) is 38.5 Å². The molecule has 1 atom stereocenters. The van der Waals surface area contributed by atoms with Crippen molar-refractivity contribution in [3.63, 3.8) is 0 Å². The second kappa shape index (κ2) is 1.58. The maximum absolute atomic E-state index is 2.81. The molecule has 56 valence electrons. The predicted octanol–water partition coefficient (Wildman–Crippen LogP) is 1.78. The van der Waals surface area contributed by atoms with Crippen molar-refractivity contribution in [2.75, 3.05) is 6.54 Å². The fourth-order valence-corrected chi connectivity index (χ4v) is 3.02. The summed E-state index contributed by atoms with van der Waals surface area (Å²) in [7, 11) is 0. The van der Waals surface area contributed by atoms with Crippen molar-refractivity contribution in [2.45, 2.75) is 50.1 Å². The summed E-state index contributed by atoms with van der Waals surface area (Å²) >= 11 is 0. The van der Waals surface area contributed by atoms with Crippen LogP contribution in [0.15, 0.2) is 0 Å². The van der Waals surface area contributed by atoms with Gasteiger partial charge in [0.25, 0.3) is 0 Å². The molecule has 0 amide bonds. The fourth-order valence-electron chi connectivity index (χ4n) is 3.02. The van der Waals surface area contributed by atoms with Crippen LogP contribution in [0.2, 0.25) is 0 Å². The van der Waals surface area contributed by atoms with E-state index in [1.807, 2.05) is 0 Å². The molecule has 2 heterocycles. The van der Waals surface area contributed by atoms with Gasteiger partial charge in [0, 0.05) is 11.6 Å². The molecular weight excluding hydrogens is 122 g/mol. The maximum Gasteiger partial charge on any atom is 0.0214 e. The molecule has 1 aliphatic carbocycles. The zero-order chi connectivity index (χ0) is 6.60. The lowest BCUT2D eigenvalue weighted by Gasteiger charge is -2.22. The molecule has 3 fully saturated rings. The summed E-state index contributed by atoms with van der Waals surface area (Å²) < 4.78 is 0. The van der Waals surface area contributed by atoms with Crippen molar-refractivity contribution in [3.8, 4) is 0 Å². The summed E-state index contributed by atoms with van der Waals surface area (Å²) in [5.41, 5.74) is 0.779. The number of rotatable bonds is 0. The number of nitrogens with zero attached hydrogens (tertiary/aromatic N) is 1. The van der Waals surface area contributed by atoms with E-state index in [0.29, 0.717) is 0 Å². The first-order valence-electron chi connectivity index (χ1n) is 4.68. The highest BCUT2D eigenvalue weighted by atomic mass is 15.3. The minimum absolute atomic E-state index is 0.779. The second-order valence-electron chi connectivity index (χ2n) is 4.25. The summed E-state index contributed by atoms with van der Waals surface area (Å²) in [5.74, 6) is 0. The Hall–Kier alpha value is -0.0400. The molecule has 0 aromatic heterocycles. The van der Waals surface area contributed by atoms with Crippen molar-refractivity contribution in [3.05, 3.63) is 0 Å². The second-order valence-corrected chi connectivity index (χ2v) is 4.25. The SMILES string of the molecule is C1CC2CCC3(CC3)N2C1. The summed E-state index contributed by atoms with van der Waals surface area (Å²) in [6, 6.07) is 1.02. The van der Waals surface area contributed by atoms with Crippen LogP contribution < -0.4 is 0 Å². The molecule has 0 N–H and O–H groups in total. The van der Waals surface area contributed by atoms with Gasteiger partial charge >= 0.3 is 0 Å². The minimum atomic E-state index is 0.779. The van der Waals surface area contributed by atoms with Gasteiger partial charge in [-0.15, -0.1) is 0 Å². The monoisotopic (exact) mass is 137 g/mol. The Kier molecular flexibility index (Phi) is 0.883. The topological polar surface area (TPSA) is 3.24 Å². The van der Waals surface area contributed by atoms with Crippen LogP contribution >= 0.6 is 0 Å². The van der Waals surface area contributed by atoms with E-state index in [2.05, 4.69) is 4.90 Å². The first-order chi connectivity index (χ1) is 4.91. The van der Waals surface area contributed by atoms with Gasteiger partial charge in [0.1, 0.15) is 0 Å². The lowest BCUT2D eigenvalue weighted by atomic mass is 10.1. The highest BCUT2D eigenvalue weighted by Crippen LogP contribution is 2.54. The van der Waals surface area contributed by atoms with E-state index < -0.39 is 0 Å². The normalized spacial score (nSPS) is 42.6. The molecule has 3 aliphatic rings. The Labute approximate surface area is 62.4 Å². The Morgan fingerprint density at radius 1 is 1.10 bits per heavy atom. The van der Waals surface area contributed by atoms with Crippen LogP contribution in [0.3, 0.4) is 0 Å². The van der Waals surface area contributed by atoms with E-state index in [0.717, 1.165) is 11.6 Å². The van der Waals surface area contributed by atoms with Gasteiger partial charge in [-0.05, 0) is 45.1 Å². The quantitative estimate of drug-likeness (QED) is 0.492. The van der Waals surface area contributed by atoms with Gasteiger partial charge in [0.05, 0.1) is 0 Å². The highest BCUT2D eigenvalue weighted by Gasteiger charge is 2.55. The van der Waals surface area contributed by atoms with Crippen molar-refractivity contribution in [1.29, 1.82) is 0 Å². The third-order valence-electron chi connectivity index (χ3n) is 3.76. The van der Waals surface area contributed by atoms with E-state index in [9.17, 15) is 0 Å². The Balaban J connectivity index is 1.90. The van der Waals surface area contributed by atoms with Crippen molar-refractivity contribution >= 4 is 0 Å². The van der Waals surface area contributed by atoms with Crippen molar-refractivity contribution in [1.82, 2.24) is 4.90 Å². The summed E-state index contributed by atoms with van der Waals surface area (Å²) in [5, 5.41) is 0. The standard InChI is InChI=1S/C9H15N/c1-2-8-3-4-9(5-6-9)10(8)7-1/h8H,1-7H2. The van der Waals surface area contributed by atoms with E-state index in [-0.39, 0.29) is 0 Å². The molecular formula is C9H15N. The van der Waals surface area contributed by atoms with Gasteiger partial charge < -0.3 is 0 Å². The molecule has 0 aromatic carbocycles. The van der Waals surface area contributed by atoms with E-state index in [4.69, 9.17) is 0 Å². The zero-order valence-electron chi connectivity index (χ0n) is 6.47. The molecule has 1 unspecified atom stereocenters. The average molecular weight is 137 g/mol. The van der Waals surface area contributed by atoms with Crippen LogP contribution in [-0.2, 0) is 0 Å². The molecule has 2 aliphatic heterocycles. The molecule has 1 saturated carbocycles. The Morgan fingerprint density at radius 2 is 2.00 bits per heavy atom. The zero-order valence-corrected chi connectivity index (χ0v) is 6.47. The van der Waals surface area contributed by atoms with E-state index in [1.54, 1.807) is 0 Å². The molecule has 10 heavy (non-hydrogen) atoms. The third-order valence-corrected chi connectivity index (χ3v) is 3.76. The van der Waals surface area contributed by atoms with Gasteiger partial charge in [0.15, 0.2) is 0 Å². The molecule has 1 spiro atoms. The average Bonchev–Trinajstić information content (AvgIpc) is 2.40. The van der Waals surface area contributed by atoms with Crippen LogP contribution in [0.4, 0.5) is 0 Å². The van der Waals surface area contributed by atoms with E-state index in [1.165, 1.54) is 45.1 Å². The fraction of sp³-hybridized carbons (Fsp3) is 1.00. The smallest absolute Gasteiger partial charge is 0.0214 e. The summed E-state index contributed by atoms with van der Waals surface area (Å²) in [6.07, 6.45) is 9.05. The van der Waals surface area contributed by atoms with Crippen molar-refractivity contribution in [2.24, 2.45) is 0 Å². The molecule has 0 aromatic rings. The van der Waals surface area contributed by atoms with Gasteiger partial charge in [0.2, 0.25) is 0 Å². The number of hydrogen-bond donors (Lipinski definition) is 0. The molecule has 0 radical (unpaired) electrons. The maximum atomic E-state index is 2.81. The van der Waals surface area contributed by atoms with Crippen LogP contribution in [-0.4, -0.2) is 23.0 Å². The first kappa shape index (κ1) is 5.59. The first-order valence-corrected chi connectivity index (χ1v) is 4.68. The van der Waals surface area contributed by atoms with Crippen molar-refractivity contribution < 1.29 is 0 Å². The third kappa shape index (κ3) is 0.531. The highest BCUT2D eigenvalue weighted by molar-refractivity contribution is 5.11. The minimum Gasteiger partial charge on any atom is -0.295 e. The molecule has 0 bridgehead atoms. The summed E-state index contributed by atoms with van der Waals surface area (Å²) in [6.45, 7) is 1.42. The Bertz CT molecular complexity index is 160. The van der Waals surface area contributed by atoms with Gasteiger partial charge in [-0.25, -0.2) is 0 Å². The van der Waals surface area contributed by atoms with Gasteiger partial charge in [-0.3, -0.25) is 4.90 Å². The van der Waals surface area contributed by atoms with Gasteiger partial charge in [-0.1, -0.05) is 0 Å². The van der Waals surface area contributed by atoms with Crippen LogP contribution in [0.5, 0.6) is 0 Å². The molecule has 2 saturated heterocycles. The summed E-state index contributed by atoms with van der Waals surface area (Å²) in [4.78, 5) is 2.81. The van der Waals surface area contributed by atoms with Crippen LogP contribution in [0, 0.1) is 0 Å². The molecule has 1 heteroatoms. The van der Waals surface area contributed by atoms with Crippen LogP contribution in [0.25, 0.3) is 0 Å². The number of fused-ring (bicyclic) bond motifs is 2. The van der Waals surface area contributed by atoms with E-state index >= 15 is 0 Å². The molecule has 3 rings (SSSR count). The predicted molar refractivity (Wildman–Crippen MR) is 40.9 cm³/mol. The van der Waals surface area contributed by atoms with Gasteiger partial charge in [-0.2, -0.15) is 0 Å².